The van der Waals surface area contributed by atoms with Gasteiger partial charge in [0.25, 0.3) is 5.91 Å². The minimum absolute atomic E-state index is 0.383. The summed E-state index contributed by atoms with van der Waals surface area (Å²) in [5, 5.41) is 2.14. The van der Waals surface area contributed by atoms with Crippen LogP contribution in [0.4, 0.5) is 5.69 Å². The Morgan fingerprint density at radius 3 is 2.32 bits per heavy atom. The van der Waals surface area contributed by atoms with Crippen LogP contribution in [0.1, 0.15) is 10.8 Å². The van der Waals surface area contributed by atoms with Gasteiger partial charge in [-0.15, -0.1) is 11.8 Å². The summed E-state index contributed by atoms with van der Waals surface area (Å²) in [5.74, 6) is 0.308. The molecule has 3 aromatic carbocycles. The van der Waals surface area contributed by atoms with Crippen molar-refractivity contribution in [3.63, 3.8) is 0 Å². The lowest BCUT2D eigenvalue weighted by Gasteiger charge is -2.19. The minimum Gasteiger partial charge on any atom is -0.486 e. The van der Waals surface area contributed by atoms with Crippen LogP contribution >= 0.6 is 11.8 Å². The molecule has 0 bridgehead atoms. The first-order chi connectivity index (χ1) is 15.2. The lowest BCUT2D eigenvalue weighted by atomic mass is 10.1. The number of thioether (sulfide) groups is 1. The van der Waals surface area contributed by atoms with Crippen LogP contribution < -0.4 is 14.8 Å². The molecule has 1 heterocycles. The van der Waals surface area contributed by atoms with Crippen molar-refractivity contribution in [2.45, 2.75) is 10.1 Å². The fraction of sp³-hybridized carbons (Fsp3) is 0.167. The third kappa shape index (κ3) is 5.58. The molecule has 0 aliphatic carbocycles. The Morgan fingerprint density at radius 2 is 1.58 bits per heavy atom. The van der Waals surface area contributed by atoms with Gasteiger partial charge in [0.05, 0.1) is 0 Å². The largest absolute Gasteiger partial charge is 0.486 e. The van der Waals surface area contributed by atoms with Crippen molar-refractivity contribution < 1.29 is 23.8 Å². The smallest absolute Gasteiger partial charge is 0.324 e. The summed E-state index contributed by atoms with van der Waals surface area (Å²) in [7, 11) is 0. The van der Waals surface area contributed by atoms with Crippen LogP contribution in [-0.4, -0.2) is 31.7 Å². The Morgan fingerprint density at radius 1 is 0.903 bits per heavy atom. The predicted octanol–water partition coefficient (Wildman–Crippen LogP) is 4.47. The van der Waals surface area contributed by atoms with Crippen LogP contribution in [0, 0.1) is 0 Å². The maximum atomic E-state index is 12.8. The number of esters is 1. The molecule has 1 atom stereocenters. The number of amides is 1. The second-order valence-electron chi connectivity index (χ2n) is 6.74. The van der Waals surface area contributed by atoms with Crippen molar-refractivity contribution in [3.8, 4) is 11.5 Å². The highest BCUT2D eigenvalue weighted by Crippen LogP contribution is 2.36. The summed E-state index contributed by atoms with van der Waals surface area (Å²) < 4.78 is 16.3. The van der Waals surface area contributed by atoms with Crippen molar-refractivity contribution in [1.29, 1.82) is 0 Å². The predicted molar refractivity (Wildman–Crippen MR) is 119 cm³/mol. The van der Waals surface area contributed by atoms with Gasteiger partial charge >= 0.3 is 5.97 Å². The SMILES string of the molecule is O=C(COC(=O)C(Sc1ccccc1)c1ccccc1)Nc1ccc2c(c1)OCCO2. The lowest BCUT2D eigenvalue weighted by Crippen LogP contribution is -2.23. The van der Waals surface area contributed by atoms with Gasteiger partial charge < -0.3 is 19.5 Å². The maximum Gasteiger partial charge on any atom is 0.324 e. The van der Waals surface area contributed by atoms with E-state index in [4.69, 9.17) is 14.2 Å². The molecule has 0 spiro atoms. The molecule has 6 nitrogen and oxygen atoms in total. The Kier molecular flexibility index (Phi) is 6.74. The van der Waals surface area contributed by atoms with E-state index in [2.05, 4.69) is 5.32 Å². The zero-order valence-corrected chi connectivity index (χ0v) is 17.5. The van der Waals surface area contributed by atoms with Gasteiger partial charge in [0.1, 0.15) is 18.5 Å². The van der Waals surface area contributed by atoms with E-state index >= 15 is 0 Å². The molecule has 1 aliphatic heterocycles. The number of benzene rings is 3. The second kappa shape index (κ2) is 10.0. The molecule has 1 aliphatic rings. The van der Waals surface area contributed by atoms with Gasteiger partial charge in [-0.1, -0.05) is 48.5 Å². The van der Waals surface area contributed by atoms with Crippen LogP contribution in [0.5, 0.6) is 11.5 Å². The van der Waals surface area contributed by atoms with Gasteiger partial charge in [0.2, 0.25) is 0 Å². The Balaban J connectivity index is 1.38. The van der Waals surface area contributed by atoms with Crippen LogP contribution in [0.15, 0.2) is 83.8 Å². The molecule has 0 saturated heterocycles. The standard InChI is InChI=1S/C24H21NO5S/c26-22(25-18-11-12-20-21(15-18)29-14-13-28-20)16-30-24(27)23(17-7-3-1-4-8-17)31-19-9-5-2-6-10-19/h1-12,15,23H,13-14,16H2,(H,25,26). The minimum atomic E-state index is -0.578. The first-order valence-electron chi connectivity index (χ1n) is 9.82. The van der Waals surface area contributed by atoms with Crippen molar-refractivity contribution in [1.82, 2.24) is 0 Å². The molecule has 0 radical (unpaired) electrons. The lowest BCUT2D eigenvalue weighted by molar-refractivity contribution is -0.146. The quantitative estimate of drug-likeness (QED) is 0.436. The Bertz CT molecular complexity index is 1040. The monoisotopic (exact) mass is 435 g/mol. The third-order valence-electron chi connectivity index (χ3n) is 4.48. The topological polar surface area (TPSA) is 73.9 Å². The van der Waals surface area contributed by atoms with Gasteiger partial charge in [-0.05, 0) is 29.8 Å². The molecule has 4 rings (SSSR count). The van der Waals surface area contributed by atoms with Gasteiger partial charge in [-0.3, -0.25) is 9.59 Å². The number of anilines is 1. The molecule has 1 amide bonds. The van der Waals surface area contributed by atoms with Crippen molar-refractivity contribution >= 4 is 29.3 Å². The number of hydrogen-bond acceptors (Lipinski definition) is 6. The maximum absolute atomic E-state index is 12.8. The van der Waals surface area contributed by atoms with Gasteiger partial charge in [-0.2, -0.15) is 0 Å². The van der Waals surface area contributed by atoms with Crippen molar-refractivity contribution in [3.05, 3.63) is 84.4 Å². The number of carbonyl (C=O) groups is 2. The number of hydrogen-bond donors (Lipinski definition) is 1. The zero-order valence-electron chi connectivity index (χ0n) is 16.7. The van der Waals surface area contributed by atoms with Crippen LogP contribution in [-0.2, 0) is 14.3 Å². The first-order valence-corrected chi connectivity index (χ1v) is 10.7. The summed E-state index contributed by atoms with van der Waals surface area (Å²) in [5.41, 5.74) is 1.36. The molecular formula is C24H21NO5S. The average Bonchev–Trinajstić information content (AvgIpc) is 2.82. The summed E-state index contributed by atoms with van der Waals surface area (Å²) >= 11 is 1.38. The van der Waals surface area contributed by atoms with Gasteiger partial charge in [0, 0.05) is 16.6 Å². The van der Waals surface area contributed by atoms with E-state index in [0.29, 0.717) is 30.4 Å². The highest BCUT2D eigenvalue weighted by Gasteiger charge is 2.24. The van der Waals surface area contributed by atoms with Gasteiger partial charge in [0.15, 0.2) is 18.1 Å². The molecule has 7 heteroatoms. The number of ether oxygens (including phenoxy) is 3. The normalized spacial score (nSPS) is 13.2. The fourth-order valence-electron chi connectivity index (χ4n) is 3.05. The van der Waals surface area contributed by atoms with E-state index in [-0.39, 0.29) is 6.61 Å². The summed E-state index contributed by atoms with van der Waals surface area (Å²) in [6.45, 7) is 0.576. The Labute approximate surface area is 184 Å². The molecule has 31 heavy (non-hydrogen) atoms. The van der Waals surface area contributed by atoms with E-state index in [0.717, 1.165) is 10.5 Å². The molecule has 0 saturated carbocycles. The molecular weight excluding hydrogens is 414 g/mol. The molecule has 158 valence electrons. The van der Waals surface area contributed by atoms with E-state index in [1.807, 2.05) is 60.7 Å². The van der Waals surface area contributed by atoms with E-state index in [9.17, 15) is 9.59 Å². The number of nitrogens with one attached hydrogen (secondary N) is 1. The highest BCUT2D eigenvalue weighted by atomic mass is 32.2. The molecule has 0 fully saturated rings. The van der Waals surface area contributed by atoms with E-state index in [1.54, 1.807) is 18.2 Å². The van der Waals surface area contributed by atoms with E-state index < -0.39 is 17.1 Å². The van der Waals surface area contributed by atoms with Crippen LogP contribution in [0.3, 0.4) is 0 Å². The average molecular weight is 436 g/mol. The van der Waals surface area contributed by atoms with Crippen LogP contribution in [0.2, 0.25) is 0 Å². The molecule has 0 aromatic heterocycles. The molecule has 1 unspecified atom stereocenters. The highest BCUT2D eigenvalue weighted by molar-refractivity contribution is 8.00. The summed E-state index contributed by atoms with van der Waals surface area (Å²) in [6.07, 6.45) is 0. The zero-order chi connectivity index (χ0) is 21.5. The number of fused-ring (bicyclic) bond motifs is 1. The van der Waals surface area contributed by atoms with Gasteiger partial charge in [-0.25, -0.2) is 0 Å². The Hall–Kier alpha value is -3.45. The first kappa shape index (κ1) is 20.8. The third-order valence-corrected chi connectivity index (χ3v) is 5.73. The molecule has 3 aromatic rings. The van der Waals surface area contributed by atoms with Crippen LogP contribution in [0.25, 0.3) is 0 Å². The number of carbonyl (C=O) groups excluding carboxylic acids is 2. The summed E-state index contributed by atoms with van der Waals surface area (Å²) in [4.78, 5) is 26.1. The van der Waals surface area contributed by atoms with E-state index in [1.165, 1.54) is 11.8 Å². The fourth-order valence-corrected chi connectivity index (χ4v) is 4.09. The summed E-state index contributed by atoms with van der Waals surface area (Å²) in [6, 6.07) is 24.1. The molecule has 1 N–H and O–H groups in total. The van der Waals surface area contributed by atoms with Crippen molar-refractivity contribution in [2.24, 2.45) is 0 Å². The second-order valence-corrected chi connectivity index (χ2v) is 7.91. The number of rotatable bonds is 7. The van der Waals surface area contributed by atoms with Crippen molar-refractivity contribution in [2.75, 3.05) is 25.1 Å².